The van der Waals surface area contributed by atoms with Crippen molar-refractivity contribution in [1.29, 1.82) is 0 Å². The third-order valence-corrected chi connectivity index (χ3v) is 3.30. The molecular formula is C11H12ClIN2O4. The SMILES string of the molecule is O=C(NCCC(O)C(=O)O)Nc1ccc(Cl)cc1I. The van der Waals surface area contributed by atoms with Gasteiger partial charge in [-0.1, -0.05) is 11.6 Å². The first kappa shape index (κ1) is 16.0. The third-order valence-electron chi connectivity index (χ3n) is 2.17. The highest BCUT2D eigenvalue weighted by molar-refractivity contribution is 14.1. The van der Waals surface area contributed by atoms with E-state index in [0.717, 1.165) is 3.57 Å². The van der Waals surface area contributed by atoms with E-state index >= 15 is 0 Å². The number of benzene rings is 1. The van der Waals surface area contributed by atoms with Crippen LogP contribution in [-0.2, 0) is 4.79 Å². The predicted molar refractivity (Wildman–Crippen MR) is 79.5 cm³/mol. The van der Waals surface area contributed by atoms with Gasteiger partial charge in [-0.15, -0.1) is 0 Å². The second kappa shape index (κ2) is 7.51. The lowest BCUT2D eigenvalue weighted by Gasteiger charge is -2.10. The summed E-state index contributed by atoms with van der Waals surface area (Å²) in [5.41, 5.74) is 0.598. The Morgan fingerprint density at radius 1 is 1.42 bits per heavy atom. The molecule has 1 unspecified atom stereocenters. The number of nitrogens with one attached hydrogen (secondary N) is 2. The maximum Gasteiger partial charge on any atom is 0.332 e. The van der Waals surface area contributed by atoms with Crippen LogP contribution >= 0.6 is 34.2 Å². The Morgan fingerprint density at radius 3 is 2.68 bits per heavy atom. The van der Waals surface area contributed by atoms with E-state index in [9.17, 15) is 9.59 Å². The fourth-order valence-corrected chi connectivity index (χ4v) is 2.21. The van der Waals surface area contributed by atoms with E-state index in [-0.39, 0.29) is 13.0 Å². The van der Waals surface area contributed by atoms with Crippen molar-refractivity contribution < 1.29 is 19.8 Å². The van der Waals surface area contributed by atoms with Crippen molar-refractivity contribution in [2.45, 2.75) is 12.5 Å². The number of amides is 2. The summed E-state index contributed by atoms with van der Waals surface area (Å²) in [6.07, 6.45) is -1.53. The highest BCUT2D eigenvalue weighted by atomic mass is 127. The van der Waals surface area contributed by atoms with Crippen LogP contribution in [0.1, 0.15) is 6.42 Å². The van der Waals surface area contributed by atoms with E-state index in [1.54, 1.807) is 18.2 Å². The molecule has 1 aromatic rings. The number of aliphatic carboxylic acids is 1. The van der Waals surface area contributed by atoms with Gasteiger partial charge in [0.25, 0.3) is 0 Å². The summed E-state index contributed by atoms with van der Waals surface area (Å²) < 4.78 is 0.783. The summed E-state index contributed by atoms with van der Waals surface area (Å²) in [7, 11) is 0. The number of aliphatic hydroxyl groups is 1. The van der Waals surface area contributed by atoms with Gasteiger partial charge in [0, 0.05) is 21.6 Å². The average Bonchev–Trinajstić information content (AvgIpc) is 2.32. The van der Waals surface area contributed by atoms with Crippen molar-refractivity contribution in [2.75, 3.05) is 11.9 Å². The molecule has 0 aliphatic carbocycles. The summed E-state index contributed by atoms with van der Waals surface area (Å²) in [5.74, 6) is -1.31. The van der Waals surface area contributed by atoms with Crippen molar-refractivity contribution >= 4 is 51.9 Å². The summed E-state index contributed by atoms with van der Waals surface area (Å²) in [6.45, 7) is 0.0590. The number of rotatable bonds is 5. The van der Waals surface area contributed by atoms with Crippen LogP contribution in [0.15, 0.2) is 18.2 Å². The van der Waals surface area contributed by atoms with E-state index in [1.807, 2.05) is 22.6 Å². The predicted octanol–water partition coefficient (Wildman–Crippen LogP) is 1.90. The number of carbonyl (C=O) groups is 2. The van der Waals surface area contributed by atoms with Gasteiger partial charge < -0.3 is 20.8 Å². The van der Waals surface area contributed by atoms with Gasteiger partial charge in [0.2, 0.25) is 0 Å². The minimum Gasteiger partial charge on any atom is -0.479 e. The largest absolute Gasteiger partial charge is 0.479 e. The van der Waals surface area contributed by atoms with Crippen molar-refractivity contribution in [3.05, 3.63) is 26.8 Å². The number of halogens is 2. The van der Waals surface area contributed by atoms with Crippen LogP contribution < -0.4 is 10.6 Å². The Morgan fingerprint density at radius 2 is 2.11 bits per heavy atom. The minimum atomic E-state index is -1.48. The molecule has 1 atom stereocenters. The van der Waals surface area contributed by atoms with Crippen molar-refractivity contribution in [3.8, 4) is 0 Å². The zero-order chi connectivity index (χ0) is 14.4. The average molecular weight is 399 g/mol. The van der Waals surface area contributed by atoms with Crippen LogP contribution in [0.4, 0.5) is 10.5 Å². The maximum absolute atomic E-state index is 11.5. The molecule has 104 valence electrons. The Bertz CT molecular complexity index is 484. The molecule has 4 N–H and O–H groups in total. The van der Waals surface area contributed by atoms with Gasteiger partial charge in [0.05, 0.1) is 5.69 Å². The number of carboxylic acid groups (broad SMARTS) is 1. The third kappa shape index (κ3) is 5.62. The molecule has 8 heteroatoms. The molecule has 0 fully saturated rings. The second-order valence-corrected chi connectivity index (χ2v) is 5.25. The quantitative estimate of drug-likeness (QED) is 0.569. The molecule has 0 heterocycles. The van der Waals surface area contributed by atoms with Gasteiger partial charge >= 0.3 is 12.0 Å². The molecule has 0 saturated heterocycles. The van der Waals surface area contributed by atoms with Crippen LogP contribution in [0, 0.1) is 3.57 Å². The van der Waals surface area contributed by atoms with Crippen LogP contribution in [0.2, 0.25) is 5.02 Å². The highest BCUT2D eigenvalue weighted by Gasteiger charge is 2.13. The van der Waals surface area contributed by atoms with E-state index in [1.165, 1.54) is 0 Å². The van der Waals surface area contributed by atoms with E-state index in [2.05, 4.69) is 10.6 Å². The number of urea groups is 1. The maximum atomic E-state index is 11.5. The molecule has 0 aliphatic heterocycles. The number of hydrogen-bond donors (Lipinski definition) is 4. The molecule has 0 aliphatic rings. The topological polar surface area (TPSA) is 98.7 Å². The Balaban J connectivity index is 2.41. The van der Waals surface area contributed by atoms with Gasteiger partial charge in [0.15, 0.2) is 6.10 Å². The number of carbonyl (C=O) groups excluding carboxylic acids is 1. The molecule has 0 saturated carbocycles. The Kier molecular flexibility index (Phi) is 6.32. The molecule has 0 bridgehead atoms. The summed E-state index contributed by atoms with van der Waals surface area (Å²) in [5, 5.41) is 23.1. The van der Waals surface area contributed by atoms with Crippen molar-refractivity contribution in [3.63, 3.8) is 0 Å². The van der Waals surface area contributed by atoms with Crippen molar-refractivity contribution in [2.24, 2.45) is 0 Å². The lowest BCUT2D eigenvalue weighted by Crippen LogP contribution is -2.33. The lowest BCUT2D eigenvalue weighted by atomic mass is 10.2. The molecule has 0 spiro atoms. The van der Waals surface area contributed by atoms with Gasteiger partial charge in [-0.3, -0.25) is 0 Å². The van der Waals surface area contributed by atoms with Gasteiger partial charge in [-0.25, -0.2) is 9.59 Å². The molecular weight excluding hydrogens is 386 g/mol. The fourth-order valence-electron chi connectivity index (χ4n) is 1.20. The zero-order valence-corrected chi connectivity index (χ0v) is 12.6. The Hall–Kier alpha value is -1.06. The monoisotopic (exact) mass is 398 g/mol. The first-order valence-corrected chi connectivity index (χ1v) is 6.76. The van der Waals surface area contributed by atoms with Crippen LogP contribution in [0.25, 0.3) is 0 Å². The number of anilines is 1. The molecule has 2 amide bonds. The van der Waals surface area contributed by atoms with Crippen LogP contribution in [0.3, 0.4) is 0 Å². The normalized spacial score (nSPS) is 11.7. The van der Waals surface area contributed by atoms with E-state index in [0.29, 0.717) is 10.7 Å². The Labute approximate surface area is 128 Å². The van der Waals surface area contributed by atoms with E-state index in [4.69, 9.17) is 21.8 Å². The molecule has 1 aromatic carbocycles. The number of aliphatic hydroxyl groups excluding tert-OH is 1. The number of carboxylic acids is 1. The molecule has 0 aromatic heterocycles. The molecule has 19 heavy (non-hydrogen) atoms. The van der Waals surface area contributed by atoms with Gasteiger partial charge in [-0.2, -0.15) is 0 Å². The van der Waals surface area contributed by atoms with Crippen LogP contribution in [-0.4, -0.2) is 34.9 Å². The van der Waals surface area contributed by atoms with Gasteiger partial charge in [-0.05, 0) is 40.8 Å². The minimum absolute atomic E-state index is 0.0551. The zero-order valence-electron chi connectivity index (χ0n) is 9.69. The fraction of sp³-hybridized carbons (Fsp3) is 0.273. The van der Waals surface area contributed by atoms with Crippen LogP contribution in [0.5, 0.6) is 0 Å². The smallest absolute Gasteiger partial charge is 0.332 e. The van der Waals surface area contributed by atoms with Crippen molar-refractivity contribution in [1.82, 2.24) is 5.32 Å². The first-order chi connectivity index (χ1) is 8.90. The first-order valence-electron chi connectivity index (χ1n) is 5.31. The van der Waals surface area contributed by atoms with Gasteiger partial charge in [0.1, 0.15) is 0 Å². The molecule has 1 rings (SSSR count). The van der Waals surface area contributed by atoms with E-state index < -0.39 is 18.1 Å². The number of hydrogen-bond acceptors (Lipinski definition) is 3. The highest BCUT2D eigenvalue weighted by Crippen LogP contribution is 2.22. The standard InChI is InChI=1S/C11H12ClIN2O4/c12-6-1-2-8(7(13)5-6)15-11(19)14-4-3-9(16)10(17)18/h1-2,5,9,16H,3-4H2,(H,17,18)(H2,14,15,19). The lowest BCUT2D eigenvalue weighted by molar-refractivity contribution is -0.146. The summed E-state index contributed by atoms with van der Waals surface area (Å²) in [6, 6.07) is 4.53. The summed E-state index contributed by atoms with van der Waals surface area (Å²) >= 11 is 7.82. The second-order valence-electron chi connectivity index (χ2n) is 3.65. The molecule has 0 radical (unpaired) electrons. The molecule has 6 nitrogen and oxygen atoms in total. The summed E-state index contributed by atoms with van der Waals surface area (Å²) in [4.78, 5) is 21.9.